The smallest absolute Gasteiger partial charge is 0.167 e. The monoisotopic (exact) mass is 354 g/mol. The van der Waals surface area contributed by atoms with E-state index in [4.69, 9.17) is 9.47 Å². The van der Waals surface area contributed by atoms with Crippen LogP contribution in [0.25, 0.3) is 0 Å². The van der Waals surface area contributed by atoms with E-state index in [2.05, 4.69) is 23.6 Å². The number of rotatable bonds is 4. The molecule has 2 heterocycles. The van der Waals surface area contributed by atoms with E-state index in [1.54, 1.807) is 0 Å². The van der Waals surface area contributed by atoms with Gasteiger partial charge in [-0.25, -0.2) is 8.78 Å². The van der Waals surface area contributed by atoms with E-state index in [1.165, 1.54) is 13.2 Å². The van der Waals surface area contributed by atoms with Crippen LogP contribution in [0, 0.1) is 11.6 Å². The summed E-state index contributed by atoms with van der Waals surface area (Å²) in [7, 11) is 1.49. The minimum atomic E-state index is -0.818. The summed E-state index contributed by atoms with van der Waals surface area (Å²) < 4.78 is 38.7. The highest BCUT2D eigenvalue weighted by Crippen LogP contribution is 2.27. The molecule has 0 unspecified atom stereocenters. The third kappa shape index (κ3) is 4.30. The molecule has 0 bridgehead atoms. The van der Waals surface area contributed by atoms with Gasteiger partial charge in [0.25, 0.3) is 0 Å². The number of methoxy groups -OCH3 is 1. The Morgan fingerprint density at radius 2 is 1.76 bits per heavy atom. The van der Waals surface area contributed by atoms with Crippen molar-refractivity contribution in [2.75, 3.05) is 33.3 Å². The maximum atomic E-state index is 14.2. The topological polar surface area (TPSA) is 24.9 Å². The Hall–Kier alpha value is -1.24. The summed E-state index contributed by atoms with van der Waals surface area (Å²) >= 11 is 0. The lowest BCUT2D eigenvalue weighted by atomic mass is 10.0. The highest BCUT2D eigenvalue weighted by Gasteiger charge is 2.31. The molecule has 0 amide bonds. The van der Waals surface area contributed by atoms with Gasteiger partial charge < -0.3 is 9.47 Å². The first-order valence-electron chi connectivity index (χ1n) is 9.10. The molecule has 0 saturated carbocycles. The van der Waals surface area contributed by atoms with Gasteiger partial charge in [0.05, 0.1) is 19.3 Å². The average Bonchev–Trinajstić information content (AvgIpc) is 2.59. The average molecular weight is 354 g/mol. The van der Waals surface area contributed by atoms with Crippen molar-refractivity contribution >= 4 is 0 Å². The summed E-state index contributed by atoms with van der Waals surface area (Å²) in [4.78, 5) is 4.71. The zero-order chi connectivity index (χ0) is 18.0. The maximum absolute atomic E-state index is 14.2. The van der Waals surface area contributed by atoms with Crippen LogP contribution in [0.1, 0.15) is 32.3 Å². The van der Waals surface area contributed by atoms with Crippen molar-refractivity contribution in [2.24, 2.45) is 0 Å². The number of hydrogen-bond acceptors (Lipinski definition) is 4. The van der Waals surface area contributed by atoms with Crippen LogP contribution in [-0.4, -0.2) is 61.3 Å². The van der Waals surface area contributed by atoms with Gasteiger partial charge in [-0.1, -0.05) is 0 Å². The lowest BCUT2D eigenvalue weighted by molar-refractivity contribution is -0.0866. The molecule has 0 spiro atoms. The molecule has 2 fully saturated rings. The second-order valence-electron chi connectivity index (χ2n) is 7.26. The predicted molar refractivity (Wildman–Crippen MR) is 92.8 cm³/mol. The molecular formula is C19H28F2N2O2. The molecule has 2 atom stereocenters. The van der Waals surface area contributed by atoms with Crippen LogP contribution in [0.4, 0.5) is 8.78 Å². The molecule has 0 N–H and O–H groups in total. The van der Waals surface area contributed by atoms with Gasteiger partial charge in [-0.3, -0.25) is 9.80 Å². The summed E-state index contributed by atoms with van der Waals surface area (Å²) in [6, 6.07) is 3.16. The number of morpholine rings is 1. The minimum Gasteiger partial charge on any atom is -0.496 e. The quantitative estimate of drug-likeness (QED) is 0.830. The second kappa shape index (κ2) is 7.98. The van der Waals surface area contributed by atoms with E-state index in [1.807, 2.05) is 0 Å². The molecule has 4 nitrogen and oxygen atoms in total. The van der Waals surface area contributed by atoms with Crippen LogP contribution < -0.4 is 4.74 Å². The minimum absolute atomic E-state index is 0.271. The lowest BCUT2D eigenvalue weighted by Gasteiger charge is -2.43. The first kappa shape index (κ1) is 18.5. The van der Waals surface area contributed by atoms with Crippen LogP contribution in [0.3, 0.4) is 0 Å². The molecule has 0 radical (unpaired) electrons. The lowest BCUT2D eigenvalue weighted by Crippen LogP contribution is -2.53. The molecule has 6 heteroatoms. The molecule has 2 aliphatic heterocycles. The van der Waals surface area contributed by atoms with Crippen molar-refractivity contribution < 1.29 is 18.3 Å². The largest absolute Gasteiger partial charge is 0.496 e. The summed E-state index contributed by atoms with van der Waals surface area (Å²) in [5, 5.41) is 0. The predicted octanol–water partition coefficient (Wildman–Crippen LogP) is 3.05. The Bertz CT molecular complexity index is 581. The van der Waals surface area contributed by atoms with E-state index in [9.17, 15) is 8.78 Å². The molecule has 3 rings (SSSR count). The third-order valence-corrected chi connectivity index (χ3v) is 5.28. The molecule has 2 aliphatic rings. The fraction of sp³-hybridized carbons (Fsp3) is 0.684. The highest BCUT2D eigenvalue weighted by molar-refractivity contribution is 5.35. The van der Waals surface area contributed by atoms with Gasteiger partial charge in [0.2, 0.25) is 0 Å². The number of piperidine rings is 1. The fourth-order valence-corrected chi connectivity index (χ4v) is 4.10. The summed E-state index contributed by atoms with van der Waals surface area (Å²) in [6.45, 7) is 8.33. The standard InChI is InChI=1S/C19H28F2N2O2/c1-13-10-23(11-14(2)25-13)15-6-8-22(9-7-15)12-16-18(24-3)5-4-17(20)19(16)21/h4-5,13-15H,6-12H2,1-3H3/t13-,14+. The normalized spacial score (nSPS) is 26.8. The van der Waals surface area contributed by atoms with Gasteiger partial charge in [0.15, 0.2) is 11.6 Å². The Labute approximate surface area is 148 Å². The van der Waals surface area contributed by atoms with E-state index in [0.717, 1.165) is 45.1 Å². The van der Waals surface area contributed by atoms with Gasteiger partial charge in [0.1, 0.15) is 5.75 Å². The first-order chi connectivity index (χ1) is 12.0. The molecule has 2 saturated heterocycles. The zero-order valence-corrected chi connectivity index (χ0v) is 15.3. The number of halogens is 2. The van der Waals surface area contributed by atoms with Crippen LogP contribution in [-0.2, 0) is 11.3 Å². The molecule has 0 aliphatic carbocycles. The van der Waals surface area contributed by atoms with Crippen LogP contribution >= 0.6 is 0 Å². The van der Waals surface area contributed by atoms with E-state index in [0.29, 0.717) is 23.9 Å². The van der Waals surface area contributed by atoms with Crippen molar-refractivity contribution in [1.82, 2.24) is 9.80 Å². The third-order valence-electron chi connectivity index (χ3n) is 5.28. The van der Waals surface area contributed by atoms with Crippen molar-refractivity contribution in [3.8, 4) is 5.75 Å². The fourth-order valence-electron chi connectivity index (χ4n) is 4.10. The van der Waals surface area contributed by atoms with Gasteiger partial charge >= 0.3 is 0 Å². The second-order valence-corrected chi connectivity index (χ2v) is 7.26. The summed E-state index contributed by atoms with van der Waals surface area (Å²) in [6.07, 6.45) is 2.62. The van der Waals surface area contributed by atoms with Gasteiger partial charge in [-0.2, -0.15) is 0 Å². The number of benzene rings is 1. The van der Waals surface area contributed by atoms with Gasteiger partial charge in [-0.05, 0) is 51.9 Å². The number of likely N-dealkylation sites (tertiary alicyclic amines) is 1. The molecule has 140 valence electrons. The Morgan fingerprint density at radius 3 is 2.36 bits per heavy atom. The Morgan fingerprint density at radius 1 is 1.12 bits per heavy atom. The molecule has 1 aromatic carbocycles. The first-order valence-corrected chi connectivity index (χ1v) is 9.10. The summed E-state index contributed by atoms with van der Waals surface area (Å²) in [5.41, 5.74) is 0.314. The number of ether oxygens (including phenoxy) is 2. The molecule has 25 heavy (non-hydrogen) atoms. The van der Waals surface area contributed by atoms with Crippen molar-refractivity contribution in [2.45, 2.75) is 51.5 Å². The van der Waals surface area contributed by atoms with E-state index in [-0.39, 0.29) is 12.2 Å². The van der Waals surface area contributed by atoms with Crippen molar-refractivity contribution in [1.29, 1.82) is 0 Å². The molecular weight excluding hydrogens is 326 g/mol. The maximum Gasteiger partial charge on any atom is 0.167 e. The van der Waals surface area contributed by atoms with Crippen LogP contribution in [0.2, 0.25) is 0 Å². The van der Waals surface area contributed by atoms with Crippen LogP contribution in [0.5, 0.6) is 5.75 Å². The Balaban J connectivity index is 1.59. The highest BCUT2D eigenvalue weighted by atomic mass is 19.2. The number of nitrogens with zero attached hydrogens (tertiary/aromatic N) is 2. The number of hydrogen-bond donors (Lipinski definition) is 0. The van der Waals surface area contributed by atoms with Crippen molar-refractivity contribution in [3.63, 3.8) is 0 Å². The Kier molecular flexibility index (Phi) is 5.92. The van der Waals surface area contributed by atoms with Crippen LogP contribution in [0.15, 0.2) is 12.1 Å². The van der Waals surface area contributed by atoms with E-state index < -0.39 is 11.6 Å². The van der Waals surface area contributed by atoms with Gasteiger partial charge in [-0.15, -0.1) is 0 Å². The molecule has 0 aromatic heterocycles. The summed E-state index contributed by atoms with van der Waals surface area (Å²) in [5.74, 6) is -1.20. The molecule has 1 aromatic rings. The van der Waals surface area contributed by atoms with Gasteiger partial charge in [0, 0.05) is 31.2 Å². The zero-order valence-electron chi connectivity index (χ0n) is 15.3. The van der Waals surface area contributed by atoms with Crippen molar-refractivity contribution in [3.05, 3.63) is 29.3 Å². The van der Waals surface area contributed by atoms with E-state index >= 15 is 0 Å². The SMILES string of the molecule is COc1ccc(F)c(F)c1CN1CCC(N2C[C@@H](C)O[C@@H](C)C2)CC1.